The lowest BCUT2D eigenvalue weighted by atomic mass is 10.2. The van der Waals surface area contributed by atoms with Crippen molar-refractivity contribution in [1.82, 2.24) is 4.72 Å². The van der Waals surface area contributed by atoms with Crippen LogP contribution in [0, 0.1) is 6.92 Å². The van der Waals surface area contributed by atoms with E-state index in [0.29, 0.717) is 5.69 Å². The number of sulfonamides is 1. The summed E-state index contributed by atoms with van der Waals surface area (Å²) in [7, 11) is -2.18. The number of methoxy groups -OCH3 is 1. The number of rotatable bonds is 7. The van der Waals surface area contributed by atoms with Crippen LogP contribution in [0.25, 0.3) is 0 Å². The fraction of sp³-hybridized carbons (Fsp3) is 0.235. The minimum Gasteiger partial charge on any atom is -0.496 e. The van der Waals surface area contributed by atoms with Gasteiger partial charge in [0.2, 0.25) is 15.9 Å². The third-order valence-electron chi connectivity index (χ3n) is 3.45. The number of hydrogen-bond acceptors (Lipinski definition) is 4. The monoisotopic (exact) mass is 382 g/mol. The Morgan fingerprint density at radius 1 is 1.20 bits per heavy atom. The Labute approximate surface area is 152 Å². The predicted molar refractivity (Wildman–Crippen MR) is 97.6 cm³/mol. The van der Waals surface area contributed by atoms with Crippen molar-refractivity contribution < 1.29 is 17.9 Å². The van der Waals surface area contributed by atoms with Gasteiger partial charge in [-0.2, -0.15) is 0 Å². The largest absolute Gasteiger partial charge is 0.496 e. The van der Waals surface area contributed by atoms with E-state index in [9.17, 15) is 13.2 Å². The molecule has 0 fully saturated rings. The molecule has 134 valence electrons. The van der Waals surface area contributed by atoms with E-state index in [4.69, 9.17) is 16.3 Å². The zero-order valence-corrected chi connectivity index (χ0v) is 15.4. The van der Waals surface area contributed by atoms with E-state index in [1.54, 1.807) is 37.4 Å². The van der Waals surface area contributed by atoms with Gasteiger partial charge >= 0.3 is 0 Å². The highest BCUT2D eigenvalue weighted by molar-refractivity contribution is 7.89. The normalized spacial score (nSPS) is 11.2. The molecule has 0 radical (unpaired) electrons. The third kappa shape index (κ3) is 5.19. The fourth-order valence-corrected chi connectivity index (χ4v) is 3.77. The van der Waals surface area contributed by atoms with Gasteiger partial charge in [0.1, 0.15) is 10.6 Å². The molecule has 0 bridgehead atoms. The van der Waals surface area contributed by atoms with Gasteiger partial charge in [-0.05, 0) is 42.8 Å². The molecule has 6 nitrogen and oxygen atoms in total. The van der Waals surface area contributed by atoms with Crippen molar-refractivity contribution in [3.8, 4) is 5.75 Å². The van der Waals surface area contributed by atoms with Crippen LogP contribution in [-0.2, 0) is 14.8 Å². The smallest absolute Gasteiger partial charge is 0.242 e. The minimum absolute atomic E-state index is 0.00520. The Morgan fingerprint density at radius 2 is 1.92 bits per heavy atom. The summed E-state index contributed by atoms with van der Waals surface area (Å²) in [6, 6.07) is 11.4. The van der Waals surface area contributed by atoms with Gasteiger partial charge in [-0.25, -0.2) is 13.1 Å². The molecule has 1 amide bonds. The first-order valence-electron chi connectivity index (χ1n) is 7.52. The Balaban J connectivity index is 1.90. The molecular weight excluding hydrogens is 364 g/mol. The second-order valence-corrected chi connectivity index (χ2v) is 7.45. The molecule has 25 heavy (non-hydrogen) atoms. The van der Waals surface area contributed by atoms with Crippen molar-refractivity contribution in [3.63, 3.8) is 0 Å². The van der Waals surface area contributed by atoms with Gasteiger partial charge in [-0.1, -0.05) is 23.7 Å². The molecule has 0 aliphatic carbocycles. The van der Waals surface area contributed by atoms with E-state index in [1.807, 2.05) is 6.92 Å². The number of halogens is 1. The molecule has 2 N–H and O–H groups in total. The van der Waals surface area contributed by atoms with Crippen LogP contribution in [0.3, 0.4) is 0 Å². The highest BCUT2D eigenvalue weighted by atomic mass is 35.5. The van der Waals surface area contributed by atoms with Gasteiger partial charge in [0.05, 0.1) is 12.1 Å². The molecule has 0 unspecified atom stereocenters. The van der Waals surface area contributed by atoms with E-state index in [-0.39, 0.29) is 28.8 Å². The van der Waals surface area contributed by atoms with Crippen molar-refractivity contribution in [1.29, 1.82) is 0 Å². The molecule has 0 saturated carbocycles. The first-order valence-corrected chi connectivity index (χ1v) is 9.38. The number of ether oxygens (including phenoxy) is 1. The topological polar surface area (TPSA) is 84.5 Å². The van der Waals surface area contributed by atoms with Crippen LogP contribution in [0.15, 0.2) is 47.4 Å². The second-order valence-electron chi connectivity index (χ2n) is 5.31. The maximum atomic E-state index is 12.2. The number of aryl methyl sites for hydroxylation is 1. The molecule has 0 aromatic heterocycles. The minimum atomic E-state index is -3.75. The average Bonchev–Trinajstić information content (AvgIpc) is 2.55. The van der Waals surface area contributed by atoms with E-state index < -0.39 is 10.0 Å². The summed E-state index contributed by atoms with van der Waals surface area (Å²) in [6.07, 6.45) is -0.00520. The van der Waals surface area contributed by atoms with E-state index in [2.05, 4.69) is 10.0 Å². The summed E-state index contributed by atoms with van der Waals surface area (Å²) in [5, 5.41) is 2.85. The van der Waals surface area contributed by atoms with Crippen molar-refractivity contribution in [2.75, 3.05) is 19.0 Å². The summed E-state index contributed by atoms with van der Waals surface area (Å²) < 4.78 is 31.9. The third-order valence-corrected chi connectivity index (χ3v) is 5.41. The van der Waals surface area contributed by atoms with Crippen LogP contribution in [0.5, 0.6) is 5.75 Å². The Morgan fingerprint density at radius 3 is 2.56 bits per heavy atom. The van der Waals surface area contributed by atoms with Crippen LogP contribution in [0.2, 0.25) is 5.02 Å². The SMILES string of the molecule is COc1ccc(NC(=O)CCNS(=O)(=O)c2ccccc2Cl)cc1C. The van der Waals surface area contributed by atoms with Crippen LogP contribution < -0.4 is 14.8 Å². The lowest BCUT2D eigenvalue weighted by Crippen LogP contribution is -2.28. The Hall–Kier alpha value is -2.09. The molecule has 0 saturated heterocycles. The molecule has 2 rings (SSSR count). The van der Waals surface area contributed by atoms with Gasteiger partial charge in [0.25, 0.3) is 0 Å². The van der Waals surface area contributed by atoms with E-state index in [1.165, 1.54) is 12.1 Å². The average molecular weight is 383 g/mol. The molecule has 0 atom stereocenters. The zero-order valence-electron chi connectivity index (χ0n) is 13.9. The number of nitrogens with one attached hydrogen (secondary N) is 2. The maximum absolute atomic E-state index is 12.2. The molecule has 2 aromatic rings. The molecule has 8 heteroatoms. The van der Waals surface area contributed by atoms with Crippen LogP contribution in [0.1, 0.15) is 12.0 Å². The number of carbonyl (C=O) groups excluding carboxylic acids is 1. The standard InChI is InChI=1S/C17H19ClN2O4S/c1-12-11-13(7-8-15(12)24-2)20-17(21)9-10-19-25(22,23)16-6-4-3-5-14(16)18/h3-8,11,19H,9-10H2,1-2H3,(H,20,21). The van der Waals surface area contributed by atoms with Crippen LogP contribution in [-0.4, -0.2) is 28.0 Å². The summed E-state index contributed by atoms with van der Waals surface area (Å²) >= 11 is 5.89. The Kier molecular flexibility index (Phi) is 6.41. The highest BCUT2D eigenvalue weighted by Gasteiger charge is 2.17. The van der Waals surface area contributed by atoms with Gasteiger partial charge < -0.3 is 10.1 Å². The van der Waals surface area contributed by atoms with Gasteiger partial charge in [-0.15, -0.1) is 0 Å². The molecule has 0 aliphatic rings. The summed E-state index contributed by atoms with van der Waals surface area (Å²) in [6.45, 7) is 1.83. The summed E-state index contributed by atoms with van der Waals surface area (Å²) in [5.41, 5.74) is 1.51. The van der Waals surface area contributed by atoms with Crippen molar-refractivity contribution in [3.05, 3.63) is 53.1 Å². The maximum Gasteiger partial charge on any atom is 0.242 e. The second kappa shape index (κ2) is 8.33. The van der Waals surface area contributed by atoms with Gasteiger partial charge in [0, 0.05) is 18.7 Å². The lowest BCUT2D eigenvalue weighted by Gasteiger charge is -2.10. The van der Waals surface area contributed by atoms with E-state index >= 15 is 0 Å². The Bertz CT molecular complexity index is 869. The van der Waals surface area contributed by atoms with Crippen molar-refractivity contribution in [2.24, 2.45) is 0 Å². The van der Waals surface area contributed by atoms with Crippen LogP contribution >= 0.6 is 11.6 Å². The van der Waals surface area contributed by atoms with Crippen molar-refractivity contribution >= 4 is 33.2 Å². The zero-order chi connectivity index (χ0) is 18.4. The molecule has 0 aliphatic heterocycles. The number of benzene rings is 2. The van der Waals surface area contributed by atoms with E-state index in [0.717, 1.165) is 11.3 Å². The van der Waals surface area contributed by atoms with Gasteiger partial charge in [-0.3, -0.25) is 4.79 Å². The number of carbonyl (C=O) groups is 1. The highest BCUT2D eigenvalue weighted by Crippen LogP contribution is 2.22. The molecule has 0 spiro atoms. The number of hydrogen-bond donors (Lipinski definition) is 2. The summed E-state index contributed by atoms with van der Waals surface area (Å²) in [5.74, 6) is 0.428. The van der Waals surface area contributed by atoms with Crippen molar-refractivity contribution in [2.45, 2.75) is 18.2 Å². The quantitative estimate of drug-likeness (QED) is 0.771. The molecule has 2 aromatic carbocycles. The number of amides is 1. The van der Waals surface area contributed by atoms with Crippen LogP contribution in [0.4, 0.5) is 5.69 Å². The first kappa shape index (κ1) is 19.2. The van der Waals surface area contributed by atoms with Gasteiger partial charge in [0.15, 0.2) is 0 Å². The first-order chi connectivity index (χ1) is 11.8. The molecule has 0 heterocycles. The fourth-order valence-electron chi connectivity index (χ4n) is 2.22. The number of anilines is 1. The molecular formula is C17H19ClN2O4S. The summed E-state index contributed by atoms with van der Waals surface area (Å²) in [4.78, 5) is 12.0. The lowest BCUT2D eigenvalue weighted by molar-refractivity contribution is -0.116. The predicted octanol–water partition coefficient (Wildman–Crippen LogP) is 2.96.